The van der Waals surface area contributed by atoms with Gasteiger partial charge in [0.1, 0.15) is 11.6 Å². The molecule has 0 saturated heterocycles. The van der Waals surface area contributed by atoms with Crippen molar-refractivity contribution in [3.05, 3.63) is 29.1 Å². The zero-order valence-corrected chi connectivity index (χ0v) is 6.97. The Morgan fingerprint density at radius 1 is 1.42 bits per heavy atom. The Hall–Kier alpha value is -1.05. The van der Waals surface area contributed by atoms with Crippen LogP contribution in [0, 0.1) is 12.7 Å². The van der Waals surface area contributed by atoms with Gasteiger partial charge in [-0.3, -0.25) is 0 Å². The smallest absolute Gasteiger partial charge is 0.127 e. The van der Waals surface area contributed by atoms with Crippen LogP contribution in [-0.2, 0) is 0 Å². The molecule has 1 fully saturated rings. The average Bonchev–Trinajstić information content (AvgIpc) is 2.79. The normalized spacial score (nSPS) is 16.5. The average molecular weight is 166 g/mol. The summed E-state index contributed by atoms with van der Waals surface area (Å²) in [7, 11) is 0. The summed E-state index contributed by atoms with van der Waals surface area (Å²) < 4.78 is 13.2. The molecule has 1 aromatic rings. The molecule has 1 N–H and O–H groups in total. The van der Waals surface area contributed by atoms with Crippen LogP contribution in [0.25, 0.3) is 0 Å². The fourth-order valence-electron chi connectivity index (χ4n) is 1.38. The molecule has 1 aromatic carbocycles. The molecule has 12 heavy (non-hydrogen) atoms. The molecule has 1 aliphatic carbocycles. The molecule has 64 valence electrons. The van der Waals surface area contributed by atoms with E-state index in [-0.39, 0.29) is 11.6 Å². The molecule has 0 radical (unpaired) electrons. The number of hydrogen-bond donors (Lipinski definition) is 1. The van der Waals surface area contributed by atoms with Gasteiger partial charge < -0.3 is 5.11 Å². The van der Waals surface area contributed by atoms with Gasteiger partial charge in [0.2, 0.25) is 0 Å². The summed E-state index contributed by atoms with van der Waals surface area (Å²) in [6, 6.07) is 2.96. The highest BCUT2D eigenvalue weighted by Gasteiger charge is 2.27. The summed E-state index contributed by atoms with van der Waals surface area (Å²) in [6.45, 7) is 1.70. The van der Waals surface area contributed by atoms with Gasteiger partial charge in [0.15, 0.2) is 0 Å². The van der Waals surface area contributed by atoms with Crippen molar-refractivity contribution >= 4 is 0 Å². The van der Waals surface area contributed by atoms with Crippen LogP contribution < -0.4 is 0 Å². The predicted molar refractivity (Wildman–Crippen MR) is 44.8 cm³/mol. The topological polar surface area (TPSA) is 20.2 Å². The quantitative estimate of drug-likeness (QED) is 0.680. The van der Waals surface area contributed by atoms with E-state index < -0.39 is 0 Å². The number of benzene rings is 1. The summed E-state index contributed by atoms with van der Waals surface area (Å²) in [5, 5.41) is 9.33. The summed E-state index contributed by atoms with van der Waals surface area (Å²) in [5.74, 6) is 0.391. The Balaban J connectivity index is 2.47. The SMILES string of the molecule is Cc1cc(F)c(C2CC2)cc1O. The van der Waals surface area contributed by atoms with Gasteiger partial charge in [0.05, 0.1) is 0 Å². The van der Waals surface area contributed by atoms with E-state index in [2.05, 4.69) is 0 Å². The highest BCUT2D eigenvalue weighted by Crippen LogP contribution is 2.42. The molecule has 0 aromatic heterocycles. The van der Waals surface area contributed by atoms with Gasteiger partial charge in [-0.2, -0.15) is 0 Å². The van der Waals surface area contributed by atoms with Gasteiger partial charge in [0.25, 0.3) is 0 Å². The van der Waals surface area contributed by atoms with E-state index >= 15 is 0 Å². The van der Waals surface area contributed by atoms with Crippen molar-refractivity contribution in [2.75, 3.05) is 0 Å². The van der Waals surface area contributed by atoms with Crippen molar-refractivity contribution < 1.29 is 9.50 Å². The lowest BCUT2D eigenvalue weighted by atomic mass is 10.1. The third-order valence-corrected chi connectivity index (χ3v) is 2.33. The first-order valence-electron chi connectivity index (χ1n) is 4.17. The molecule has 0 aliphatic heterocycles. The van der Waals surface area contributed by atoms with E-state index in [1.807, 2.05) is 0 Å². The third kappa shape index (κ3) is 1.17. The van der Waals surface area contributed by atoms with Crippen molar-refractivity contribution in [1.82, 2.24) is 0 Å². The highest BCUT2D eigenvalue weighted by atomic mass is 19.1. The summed E-state index contributed by atoms with van der Waals surface area (Å²) in [4.78, 5) is 0. The first-order valence-corrected chi connectivity index (χ1v) is 4.17. The van der Waals surface area contributed by atoms with Crippen LogP contribution in [0.3, 0.4) is 0 Å². The largest absolute Gasteiger partial charge is 0.508 e. The maximum atomic E-state index is 13.2. The van der Waals surface area contributed by atoms with Gasteiger partial charge in [0, 0.05) is 0 Å². The molecule has 0 atom stereocenters. The van der Waals surface area contributed by atoms with Gasteiger partial charge >= 0.3 is 0 Å². The Labute approximate surface area is 70.8 Å². The molecular weight excluding hydrogens is 155 g/mol. The predicted octanol–water partition coefficient (Wildman–Crippen LogP) is 2.72. The van der Waals surface area contributed by atoms with E-state index in [9.17, 15) is 9.50 Å². The van der Waals surface area contributed by atoms with Crippen molar-refractivity contribution in [1.29, 1.82) is 0 Å². The summed E-state index contributed by atoms with van der Waals surface area (Å²) in [5.41, 5.74) is 1.29. The van der Waals surface area contributed by atoms with E-state index in [4.69, 9.17) is 0 Å². The molecule has 1 saturated carbocycles. The minimum absolute atomic E-state index is 0.173. The van der Waals surface area contributed by atoms with Gasteiger partial charge in [-0.05, 0) is 48.9 Å². The van der Waals surface area contributed by atoms with Crippen LogP contribution in [0.5, 0.6) is 5.75 Å². The molecule has 0 amide bonds. The van der Waals surface area contributed by atoms with Crippen LogP contribution in [0.2, 0.25) is 0 Å². The number of halogens is 1. The highest BCUT2D eigenvalue weighted by molar-refractivity contribution is 5.39. The second kappa shape index (κ2) is 2.47. The molecule has 1 aliphatic rings. The van der Waals surface area contributed by atoms with Crippen molar-refractivity contribution in [3.8, 4) is 5.75 Å². The van der Waals surface area contributed by atoms with E-state index in [1.165, 1.54) is 6.07 Å². The lowest BCUT2D eigenvalue weighted by Gasteiger charge is -2.04. The molecule has 1 nitrogen and oxygen atoms in total. The molecule has 0 spiro atoms. The third-order valence-electron chi connectivity index (χ3n) is 2.33. The molecule has 0 unspecified atom stereocenters. The van der Waals surface area contributed by atoms with Crippen LogP contribution in [-0.4, -0.2) is 5.11 Å². The monoisotopic (exact) mass is 166 g/mol. The Morgan fingerprint density at radius 2 is 2.08 bits per heavy atom. The maximum absolute atomic E-state index is 13.2. The van der Waals surface area contributed by atoms with Crippen molar-refractivity contribution in [2.24, 2.45) is 0 Å². The molecule has 2 rings (SSSR count). The lowest BCUT2D eigenvalue weighted by Crippen LogP contribution is -1.88. The standard InChI is InChI=1S/C10H11FO/c1-6-4-9(11)8(5-10(6)12)7-2-3-7/h4-5,7,12H,2-3H2,1H3. The van der Waals surface area contributed by atoms with Gasteiger partial charge in [-0.1, -0.05) is 0 Å². The van der Waals surface area contributed by atoms with Crippen LogP contribution >= 0.6 is 0 Å². The van der Waals surface area contributed by atoms with Crippen LogP contribution in [0.4, 0.5) is 4.39 Å². The summed E-state index contributed by atoms with van der Waals surface area (Å²) >= 11 is 0. The second-order valence-electron chi connectivity index (χ2n) is 3.43. The van der Waals surface area contributed by atoms with E-state index in [0.29, 0.717) is 17.0 Å². The van der Waals surface area contributed by atoms with Crippen molar-refractivity contribution in [2.45, 2.75) is 25.7 Å². The fourth-order valence-corrected chi connectivity index (χ4v) is 1.38. The number of aryl methyl sites for hydroxylation is 1. The zero-order valence-electron chi connectivity index (χ0n) is 6.97. The maximum Gasteiger partial charge on any atom is 0.127 e. The lowest BCUT2D eigenvalue weighted by molar-refractivity contribution is 0.467. The van der Waals surface area contributed by atoms with Gasteiger partial charge in [-0.15, -0.1) is 0 Å². The summed E-state index contributed by atoms with van der Waals surface area (Å²) in [6.07, 6.45) is 2.11. The fraction of sp³-hybridized carbons (Fsp3) is 0.400. The number of hydrogen-bond acceptors (Lipinski definition) is 1. The number of aromatic hydroxyl groups is 1. The van der Waals surface area contributed by atoms with Crippen molar-refractivity contribution in [3.63, 3.8) is 0 Å². The second-order valence-corrected chi connectivity index (χ2v) is 3.43. The minimum Gasteiger partial charge on any atom is -0.508 e. The molecule has 2 heteroatoms. The molecule has 0 heterocycles. The van der Waals surface area contributed by atoms with E-state index in [0.717, 1.165) is 12.8 Å². The molecular formula is C10H11FO. The number of phenols is 1. The van der Waals surface area contributed by atoms with Crippen LogP contribution in [0.1, 0.15) is 29.9 Å². The number of phenolic OH excluding ortho intramolecular Hbond substituents is 1. The van der Waals surface area contributed by atoms with E-state index in [1.54, 1.807) is 13.0 Å². The Kier molecular flexibility index (Phi) is 1.56. The number of rotatable bonds is 1. The molecule has 0 bridgehead atoms. The Morgan fingerprint density at radius 3 is 2.67 bits per heavy atom. The van der Waals surface area contributed by atoms with Gasteiger partial charge in [-0.25, -0.2) is 4.39 Å². The van der Waals surface area contributed by atoms with Crippen LogP contribution in [0.15, 0.2) is 12.1 Å². The Bertz CT molecular complexity index is 316. The first kappa shape index (κ1) is 7.59. The first-order chi connectivity index (χ1) is 5.68. The zero-order chi connectivity index (χ0) is 8.72. The minimum atomic E-state index is -0.173.